The molecule has 2 aromatic carbocycles. The Morgan fingerprint density at radius 2 is 1.94 bits per heavy atom. The van der Waals surface area contributed by atoms with E-state index in [0.29, 0.717) is 42.6 Å². The van der Waals surface area contributed by atoms with E-state index in [1.54, 1.807) is 26.2 Å². The molecule has 4 aliphatic rings. The summed E-state index contributed by atoms with van der Waals surface area (Å²) < 4.78 is 12.3. The molecule has 1 amide bonds. The molecule has 48 heavy (non-hydrogen) atoms. The van der Waals surface area contributed by atoms with Gasteiger partial charge in [0.15, 0.2) is 11.5 Å². The molecule has 2 unspecified atom stereocenters. The lowest BCUT2D eigenvalue weighted by Gasteiger charge is -2.36. The number of amides is 1. The maximum absolute atomic E-state index is 12.1. The number of anilines is 1. The average molecular weight is 652 g/mol. The zero-order valence-corrected chi connectivity index (χ0v) is 28.1. The Hall–Kier alpha value is -4.22. The van der Waals surface area contributed by atoms with Crippen molar-refractivity contribution in [2.24, 2.45) is 0 Å². The van der Waals surface area contributed by atoms with Gasteiger partial charge in [0.2, 0.25) is 5.88 Å². The van der Waals surface area contributed by atoms with Gasteiger partial charge in [0.05, 0.1) is 16.6 Å². The lowest BCUT2D eigenvalue weighted by Crippen LogP contribution is -2.51. The predicted octanol–water partition coefficient (Wildman–Crippen LogP) is 5.13. The Bertz CT molecular complexity index is 1860. The molecular formula is C37H45N7O4. The fourth-order valence-electron chi connectivity index (χ4n) is 8.68. The van der Waals surface area contributed by atoms with Crippen LogP contribution in [0.3, 0.4) is 0 Å². The molecule has 2 N–H and O–H groups in total. The third-order valence-corrected chi connectivity index (χ3v) is 11.0. The number of nitrogens with one attached hydrogen (secondary N) is 1. The van der Waals surface area contributed by atoms with Gasteiger partial charge < -0.3 is 29.7 Å². The molecule has 252 valence electrons. The molecule has 8 rings (SSSR count). The third-order valence-electron chi connectivity index (χ3n) is 11.0. The molecule has 2 bridgehead atoms. The maximum Gasteiger partial charge on any atom is 0.409 e. The number of fused-ring (bicyclic) bond motifs is 5. The van der Waals surface area contributed by atoms with E-state index in [1.807, 2.05) is 18.3 Å². The van der Waals surface area contributed by atoms with Gasteiger partial charge in [0.25, 0.3) is 0 Å². The molecule has 6 heterocycles. The number of ether oxygens (including phenoxy) is 2. The number of carbonyl (C=O) groups excluding carboxylic acids is 1. The Labute approximate surface area is 281 Å². The van der Waals surface area contributed by atoms with Gasteiger partial charge in [-0.2, -0.15) is 4.98 Å². The number of aryl methyl sites for hydroxylation is 1. The zero-order valence-electron chi connectivity index (χ0n) is 28.1. The van der Waals surface area contributed by atoms with Crippen LogP contribution in [0.4, 0.5) is 10.5 Å². The minimum atomic E-state index is -0.303. The van der Waals surface area contributed by atoms with Crippen LogP contribution in [0.15, 0.2) is 42.6 Å². The first-order valence-corrected chi connectivity index (χ1v) is 17.5. The van der Waals surface area contributed by atoms with E-state index in [9.17, 15) is 9.90 Å². The monoisotopic (exact) mass is 651 g/mol. The number of aromatic nitrogens is 3. The van der Waals surface area contributed by atoms with E-state index in [0.717, 1.165) is 79.1 Å². The van der Waals surface area contributed by atoms with Gasteiger partial charge in [-0.25, -0.2) is 14.8 Å². The first kappa shape index (κ1) is 31.1. The van der Waals surface area contributed by atoms with Crippen LogP contribution in [-0.4, -0.2) is 107 Å². The summed E-state index contributed by atoms with van der Waals surface area (Å²) in [6, 6.07) is 12.9. The minimum Gasteiger partial charge on any atom is -0.508 e. The number of nitrogens with zero attached hydrogens (tertiary/aromatic N) is 6. The van der Waals surface area contributed by atoms with Crippen LogP contribution in [0.2, 0.25) is 0 Å². The molecule has 2 aromatic heterocycles. The Morgan fingerprint density at radius 1 is 1.10 bits per heavy atom. The molecule has 4 fully saturated rings. The summed E-state index contributed by atoms with van der Waals surface area (Å²) >= 11 is 0. The summed E-state index contributed by atoms with van der Waals surface area (Å²) in [6.45, 7) is 5.86. The second kappa shape index (κ2) is 12.3. The first-order valence-electron chi connectivity index (χ1n) is 17.5. The number of hydrogen-bond acceptors (Lipinski definition) is 10. The SMILES string of the molecule is CCc1cccc2cc(O)cc(-c3ncc4c(N5CC6CCC(C5)N6)cc(OC[C@]56CCCN5[C@@H](COC(=O)N(C)C)CC6)nc4n3)c12. The highest BCUT2D eigenvalue weighted by atomic mass is 16.6. The van der Waals surface area contributed by atoms with Gasteiger partial charge in [-0.3, -0.25) is 4.90 Å². The fourth-order valence-corrected chi connectivity index (χ4v) is 8.68. The lowest BCUT2D eigenvalue weighted by atomic mass is 9.95. The summed E-state index contributed by atoms with van der Waals surface area (Å²) in [5.41, 5.74) is 3.51. The standard InChI is InChI=1S/C37H45N7O4/c1-4-23-7-5-8-24-15-28(45)16-29(33(23)24)34-38-18-30-31(43-19-25-9-10-26(20-43)39-25)17-32(40-35(30)41-34)48-22-37-12-6-14-44(37)27(11-13-37)21-47-36(46)42(2)3/h5,7-8,15-18,25-27,39,45H,4,6,9-14,19-22H2,1-3H3/t25?,26?,27-,37-/m1/s1. The molecule has 11 heteroatoms. The number of aromatic hydroxyl groups is 1. The van der Waals surface area contributed by atoms with Crippen molar-refractivity contribution in [1.82, 2.24) is 30.1 Å². The van der Waals surface area contributed by atoms with Crippen LogP contribution < -0.4 is 15.0 Å². The highest BCUT2D eigenvalue weighted by molar-refractivity contribution is 6.00. The summed E-state index contributed by atoms with van der Waals surface area (Å²) in [6.07, 6.45) is 8.91. The molecule has 4 aromatic rings. The predicted molar refractivity (Wildman–Crippen MR) is 186 cm³/mol. The highest BCUT2D eigenvalue weighted by Crippen LogP contribution is 2.43. The number of hydrogen-bond donors (Lipinski definition) is 2. The first-order chi connectivity index (χ1) is 23.3. The molecule has 0 spiro atoms. The second-order valence-electron chi connectivity index (χ2n) is 14.3. The van der Waals surface area contributed by atoms with Crippen molar-refractivity contribution < 1.29 is 19.4 Å². The van der Waals surface area contributed by atoms with Gasteiger partial charge in [0.1, 0.15) is 19.0 Å². The van der Waals surface area contributed by atoms with Crippen molar-refractivity contribution >= 4 is 33.6 Å². The van der Waals surface area contributed by atoms with Crippen LogP contribution in [0.1, 0.15) is 51.0 Å². The zero-order chi connectivity index (χ0) is 33.0. The molecule has 0 radical (unpaired) electrons. The summed E-state index contributed by atoms with van der Waals surface area (Å²) in [5.74, 6) is 1.28. The number of phenols is 1. The molecule has 4 atom stereocenters. The van der Waals surface area contributed by atoms with Gasteiger partial charge in [-0.05, 0) is 80.0 Å². The van der Waals surface area contributed by atoms with Gasteiger partial charge in [-0.1, -0.05) is 25.1 Å². The van der Waals surface area contributed by atoms with Crippen molar-refractivity contribution in [3.63, 3.8) is 0 Å². The molecule has 11 nitrogen and oxygen atoms in total. The van der Waals surface area contributed by atoms with E-state index in [1.165, 1.54) is 23.3 Å². The van der Waals surface area contributed by atoms with E-state index >= 15 is 0 Å². The van der Waals surface area contributed by atoms with Crippen molar-refractivity contribution in [3.05, 3.63) is 48.2 Å². The number of pyridine rings is 1. The fraction of sp³-hybridized carbons (Fsp3) is 0.514. The van der Waals surface area contributed by atoms with Gasteiger partial charge in [-0.15, -0.1) is 0 Å². The summed E-state index contributed by atoms with van der Waals surface area (Å²) in [5, 5.41) is 17.3. The van der Waals surface area contributed by atoms with Gasteiger partial charge in [0, 0.05) is 63.1 Å². The largest absolute Gasteiger partial charge is 0.508 e. The van der Waals surface area contributed by atoms with Gasteiger partial charge >= 0.3 is 6.09 Å². The Kier molecular flexibility index (Phi) is 7.99. The van der Waals surface area contributed by atoms with Crippen LogP contribution in [0, 0.1) is 0 Å². The number of piperazine rings is 1. The van der Waals surface area contributed by atoms with E-state index in [-0.39, 0.29) is 23.4 Å². The van der Waals surface area contributed by atoms with Crippen LogP contribution in [-0.2, 0) is 11.2 Å². The average Bonchev–Trinajstić information content (AvgIpc) is 3.77. The molecule has 0 aliphatic carbocycles. The van der Waals surface area contributed by atoms with E-state index in [4.69, 9.17) is 24.4 Å². The molecule has 4 aliphatic heterocycles. The smallest absolute Gasteiger partial charge is 0.409 e. The quantitative estimate of drug-likeness (QED) is 0.266. The van der Waals surface area contributed by atoms with Crippen LogP contribution >= 0.6 is 0 Å². The number of carbonyl (C=O) groups is 1. The topological polar surface area (TPSA) is 116 Å². The van der Waals surface area contributed by atoms with Crippen LogP contribution in [0.25, 0.3) is 33.2 Å². The Balaban J connectivity index is 1.14. The summed E-state index contributed by atoms with van der Waals surface area (Å²) in [4.78, 5) is 33.6. The number of rotatable bonds is 8. The summed E-state index contributed by atoms with van der Waals surface area (Å²) in [7, 11) is 3.42. The Morgan fingerprint density at radius 3 is 2.73 bits per heavy atom. The number of benzene rings is 2. The van der Waals surface area contributed by atoms with Crippen molar-refractivity contribution in [2.75, 3.05) is 51.8 Å². The molecule has 4 saturated heterocycles. The third kappa shape index (κ3) is 5.56. The highest BCUT2D eigenvalue weighted by Gasteiger charge is 2.50. The normalized spacial score (nSPS) is 25.1. The van der Waals surface area contributed by atoms with Crippen LogP contribution in [0.5, 0.6) is 11.6 Å². The lowest BCUT2D eigenvalue weighted by molar-refractivity contribution is 0.0494. The van der Waals surface area contributed by atoms with Crippen molar-refractivity contribution in [3.8, 4) is 23.0 Å². The molecular weight excluding hydrogens is 606 g/mol. The van der Waals surface area contributed by atoms with E-state index < -0.39 is 0 Å². The van der Waals surface area contributed by atoms with E-state index in [2.05, 4.69) is 34.2 Å². The maximum atomic E-state index is 12.1. The molecule has 0 saturated carbocycles. The van der Waals surface area contributed by atoms with Crippen molar-refractivity contribution in [2.45, 2.75) is 75.5 Å². The van der Waals surface area contributed by atoms with Crippen molar-refractivity contribution in [1.29, 1.82) is 0 Å². The number of phenolic OH excluding ortho intramolecular Hbond substituents is 1. The second-order valence-corrected chi connectivity index (χ2v) is 14.3. The minimum absolute atomic E-state index is 0.103.